The Kier molecular flexibility index (Phi) is 4.83. The molecule has 0 aromatic heterocycles. The van der Waals surface area contributed by atoms with Crippen LogP contribution in [-0.2, 0) is 0 Å². The molecular weight excluding hydrogens is 514 g/mol. The van der Waals surface area contributed by atoms with Crippen LogP contribution in [0.1, 0.15) is 35.4 Å². The Balaban J connectivity index is 1.64. The second kappa shape index (κ2) is 7.52. The zero-order valence-electron chi connectivity index (χ0n) is 15.5. The number of hydrazone groups is 1. The number of nitrogens with zero attached hydrogens (tertiary/aromatic N) is 3. The van der Waals surface area contributed by atoms with Crippen molar-refractivity contribution in [2.45, 2.75) is 18.7 Å². The number of hydrogen-bond donors (Lipinski definition) is 0. The summed E-state index contributed by atoms with van der Waals surface area (Å²) in [5.41, 5.74) is 3.75. The van der Waals surface area contributed by atoms with Gasteiger partial charge in [-0.2, -0.15) is 5.10 Å². The molecule has 2 heterocycles. The van der Waals surface area contributed by atoms with Gasteiger partial charge in [-0.1, -0.05) is 58.4 Å². The number of non-ortho nitro benzene ring substituents is 1. The summed E-state index contributed by atoms with van der Waals surface area (Å²) in [6.07, 6.45) is 0.149. The van der Waals surface area contributed by atoms with Gasteiger partial charge in [-0.05, 0) is 33.6 Å². The van der Waals surface area contributed by atoms with E-state index in [-0.39, 0.29) is 11.7 Å². The van der Waals surface area contributed by atoms with Crippen molar-refractivity contribution in [3.63, 3.8) is 0 Å². The monoisotopic (exact) mass is 527 g/mol. The van der Waals surface area contributed by atoms with Crippen LogP contribution in [0, 0.1) is 10.1 Å². The molecule has 3 aromatic carbocycles. The third-order valence-corrected chi connectivity index (χ3v) is 6.33. The Labute approximate surface area is 189 Å². The second-order valence-electron chi connectivity index (χ2n) is 7.14. The molecule has 2 atom stereocenters. The fourth-order valence-electron chi connectivity index (χ4n) is 3.93. The highest BCUT2D eigenvalue weighted by Gasteiger charge is 2.42. The Morgan fingerprint density at radius 1 is 1.07 bits per heavy atom. The molecular formula is C22H15Br2N3O3. The summed E-state index contributed by atoms with van der Waals surface area (Å²) in [6, 6.07) is 20.5. The van der Waals surface area contributed by atoms with Gasteiger partial charge in [-0.3, -0.25) is 10.1 Å². The lowest BCUT2D eigenvalue weighted by Gasteiger charge is -2.38. The van der Waals surface area contributed by atoms with Gasteiger partial charge in [0.1, 0.15) is 5.75 Å². The third-order valence-electron chi connectivity index (χ3n) is 5.28. The molecule has 0 radical (unpaired) electrons. The van der Waals surface area contributed by atoms with Crippen molar-refractivity contribution in [2.75, 3.05) is 0 Å². The maximum absolute atomic E-state index is 11.3. The molecule has 0 saturated carbocycles. The van der Waals surface area contributed by atoms with E-state index in [1.807, 2.05) is 53.5 Å². The predicted molar refractivity (Wildman–Crippen MR) is 120 cm³/mol. The highest BCUT2D eigenvalue weighted by molar-refractivity contribution is 9.11. The van der Waals surface area contributed by atoms with Crippen molar-refractivity contribution in [3.05, 3.63) is 102 Å². The fraction of sp³-hybridized carbons (Fsp3) is 0.136. The van der Waals surface area contributed by atoms with Gasteiger partial charge >= 0.3 is 0 Å². The molecule has 150 valence electrons. The Morgan fingerprint density at radius 3 is 2.63 bits per heavy atom. The van der Waals surface area contributed by atoms with Crippen molar-refractivity contribution in [3.8, 4) is 5.75 Å². The molecule has 0 amide bonds. The zero-order chi connectivity index (χ0) is 20.8. The molecule has 30 heavy (non-hydrogen) atoms. The van der Waals surface area contributed by atoms with E-state index >= 15 is 0 Å². The Bertz CT molecular complexity index is 1180. The van der Waals surface area contributed by atoms with E-state index in [2.05, 4.69) is 31.9 Å². The highest BCUT2D eigenvalue weighted by Crippen LogP contribution is 2.51. The zero-order valence-corrected chi connectivity index (χ0v) is 18.7. The van der Waals surface area contributed by atoms with Crippen LogP contribution in [0.3, 0.4) is 0 Å². The molecule has 2 aliphatic heterocycles. The molecule has 2 aliphatic rings. The van der Waals surface area contributed by atoms with Crippen LogP contribution in [0.4, 0.5) is 5.69 Å². The topological polar surface area (TPSA) is 68.0 Å². The van der Waals surface area contributed by atoms with Gasteiger partial charge in [0.2, 0.25) is 6.23 Å². The molecule has 0 bridgehead atoms. The van der Waals surface area contributed by atoms with Crippen molar-refractivity contribution < 1.29 is 9.66 Å². The summed E-state index contributed by atoms with van der Waals surface area (Å²) in [5, 5.41) is 18.1. The van der Waals surface area contributed by atoms with Gasteiger partial charge < -0.3 is 4.74 Å². The summed E-state index contributed by atoms with van der Waals surface area (Å²) in [4.78, 5) is 10.9. The second-order valence-corrected chi connectivity index (χ2v) is 8.91. The summed E-state index contributed by atoms with van der Waals surface area (Å²) < 4.78 is 8.14. The molecule has 0 fully saturated rings. The van der Waals surface area contributed by atoms with E-state index < -0.39 is 11.2 Å². The molecule has 0 spiro atoms. The average Bonchev–Trinajstić information content (AvgIpc) is 3.20. The first-order chi connectivity index (χ1) is 14.5. The molecule has 0 unspecified atom stereocenters. The standard InChI is InChI=1S/C22H15Br2N3O3/c23-15-10-17-20-12-19(13-5-2-1-3-6-13)25-26(20)22(30-21(17)18(24)11-15)14-7-4-8-16(9-14)27(28)29/h1-11,20,22H,12H2/t20-,22-/m1/s1. The van der Waals surface area contributed by atoms with Gasteiger partial charge in [0.25, 0.3) is 5.69 Å². The van der Waals surface area contributed by atoms with Crippen LogP contribution in [0.25, 0.3) is 0 Å². The summed E-state index contributed by atoms with van der Waals surface area (Å²) in [7, 11) is 0. The van der Waals surface area contributed by atoms with Crippen LogP contribution in [-0.4, -0.2) is 15.6 Å². The molecule has 6 nitrogen and oxygen atoms in total. The third kappa shape index (κ3) is 3.30. The molecule has 8 heteroatoms. The van der Waals surface area contributed by atoms with E-state index in [4.69, 9.17) is 9.84 Å². The number of nitro groups is 1. The van der Waals surface area contributed by atoms with Gasteiger partial charge in [0.05, 0.1) is 21.1 Å². The average molecular weight is 529 g/mol. The SMILES string of the molecule is O=[N+]([O-])c1cccc([C@H]2Oc3c(Br)cc(Br)cc3[C@H]3CC(c4ccccc4)=NN32)c1. The largest absolute Gasteiger partial charge is 0.463 e. The predicted octanol–water partition coefficient (Wildman–Crippen LogP) is 6.36. The molecule has 3 aromatic rings. The van der Waals surface area contributed by atoms with Crippen molar-refractivity contribution in [1.82, 2.24) is 5.01 Å². The van der Waals surface area contributed by atoms with Crippen LogP contribution in [0.2, 0.25) is 0 Å². The highest BCUT2D eigenvalue weighted by atomic mass is 79.9. The normalized spacial score (nSPS) is 19.5. The number of hydrogen-bond acceptors (Lipinski definition) is 5. The smallest absolute Gasteiger partial charge is 0.269 e. The number of nitro benzene ring substituents is 1. The van der Waals surface area contributed by atoms with Crippen LogP contribution in [0.5, 0.6) is 5.75 Å². The van der Waals surface area contributed by atoms with Crippen molar-refractivity contribution in [1.29, 1.82) is 0 Å². The van der Waals surface area contributed by atoms with Crippen LogP contribution >= 0.6 is 31.9 Å². The maximum atomic E-state index is 11.3. The number of benzene rings is 3. The molecule has 5 rings (SSSR count). The summed E-state index contributed by atoms with van der Waals surface area (Å²) in [6.45, 7) is 0. The van der Waals surface area contributed by atoms with E-state index in [1.165, 1.54) is 6.07 Å². The number of ether oxygens (including phenoxy) is 1. The van der Waals surface area contributed by atoms with Crippen molar-refractivity contribution >= 4 is 43.3 Å². The lowest BCUT2D eigenvalue weighted by molar-refractivity contribution is -0.385. The lowest BCUT2D eigenvalue weighted by Crippen LogP contribution is -2.34. The number of halogens is 2. The number of rotatable bonds is 3. The minimum atomic E-state index is -0.568. The molecule has 0 saturated heterocycles. The Morgan fingerprint density at radius 2 is 1.87 bits per heavy atom. The lowest BCUT2D eigenvalue weighted by atomic mass is 9.96. The van der Waals surface area contributed by atoms with E-state index in [9.17, 15) is 10.1 Å². The molecule has 0 N–H and O–H groups in total. The maximum Gasteiger partial charge on any atom is 0.269 e. The van der Waals surface area contributed by atoms with E-state index in [1.54, 1.807) is 12.1 Å². The van der Waals surface area contributed by atoms with Crippen LogP contribution in [0.15, 0.2) is 80.8 Å². The van der Waals surface area contributed by atoms with Gasteiger partial charge in [0.15, 0.2) is 0 Å². The van der Waals surface area contributed by atoms with E-state index in [0.717, 1.165) is 31.5 Å². The number of fused-ring (bicyclic) bond motifs is 3. The van der Waals surface area contributed by atoms with Gasteiger partial charge in [0, 0.05) is 34.2 Å². The quantitative estimate of drug-likeness (QED) is 0.293. The first-order valence-electron chi connectivity index (χ1n) is 9.32. The summed E-state index contributed by atoms with van der Waals surface area (Å²) >= 11 is 7.18. The van der Waals surface area contributed by atoms with E-state index in [0.29, 0.717) is 12.0 Å². The van der Waals surface area contributed by atoms with Crippen LogP contribution < -0.4 is 4.74 Å². The van der Waals surface area contributed by atoms with Gasteiger partial charge in [-0.15, -0.1) is 0 Å². The first-order valence-corrected chi connectivity index (χ1v) is 10.9. The summed E-state index contributed by atoms with van der Waals surface area (Å²) in [5.74, 6) is 0.737. The first kappa shape index (κ1) is 19.3. The minimum absolute atomic E-state index is 0.0276. The van der Waals surface area contributed by atoms with Gasteiger partial charge in [-0.25, -0.2) is 5.01 Å². The Hall–Kier alpha value is -2.71. The minimum Gasteiger partial charge on any atom is -0.463 e. The van der Waals surface area contributed by atoms with Crippen molar-refractivity contribution in [2.24, 2.45) is 5.10 Å². The fourth-order valence-corrected chi connectivity index (χ4v) is 5.28. The molecule has 0 aliphatic carbocycles.